The number of hydrogen-bond donors (Lipinski definition) is 0. The van der Waals surface area contributed by atoms with Crippen LogP contribution in [0.2, 0.25) is 0 Å². The van der Waals surface area contributed by atoms with Gasteiger partial charge in [-0.3, -0.25) is 0 Å². The molecule has 0 amide bonds. The molecule has 0 unspecified atom stereocenters. The summed E-state index contributed by atoms with van der Waals surface area (Å²) in [4.78, 5) is 0. The number of rotatable bonds is 0. The molecule has 0 spiro atoms. The van der Waals surface area contributed by atoms with Crippen LogP contribution in [-0.2, 0) is 0 Å². The van der Waals surface area contributed by atoms with Crippen LogP contribution in [0.5, 0.6) is 0 Å². The zero-order chi connectivity index (χ0) is 11.8. The Kier molecular flexibility index (Phi) is 1.53. The molecule has 0 saturated heterocycles. The number of allylic oxidation sites excluding steroid dienone is 4. The lowest BCUT2D eigenvalue weighted by atomic mass is 9.52. The number of alkyl halides is 4. The highest BCUT2D eigenvalue weighted by atomic mass is 19.4. The predicted molar refractivity (Wildman–Crippen MR) is 30.8 cm³/mol. The Balaban J connectivity index is 2.69. The van der Waals surface area contributed by atoms with Crippen LogP contribution in [0.3, 0.4) is 0 Å². The van der Waals surface area contributed by atoms with E-state index in [0.29, 0.717) is 0 Å². The molecule has 0 fully saturated rings. The molecule has 2 rings (SSSR count). The summed E-state index contributed by atoms with van der Waals surface area (Å²) in [5, 5.41) is 0. The van der Waals surface area contributed by atoms with E-state index in [4.69, 9.17) is 0 Å². The van der Waals surface area contributed by atoms with Crippen LogP contribution in [0.15, 0.2) is 23.3 Å². The molecule has 0 N–H and O–H groups in total. The number of hydrogen-bond acceptors (Lipinski definition) is 0. The minimum absolute atomic E-state index is 2.56. The molecule has 0 aromatic heterocycles. The summed E-state index contributed by atoms with van der Waals surface area (Å²) in [6, 6.07) is 0. The highest BCUT2D eigenvalue weighted by Gasteiger charge is 2.91. The van der Waals surface area contributed by atoms with E-state index < -0.39 is 40.6 Å². The third-order valence-corrected chi connectivity index (χ3v) is 2.59. The second-order valence-electron chi connectivity index (χ2n) is 3.16. The SMILES string of the molecule is FC1=C(F)C2(C(F)(F)F)C(F)=C(F)C12F. The lowest BCUT2D eigenvalue weighted by Crippen LogP contribution is -2.69. The predicted octanol–water partition coefficient (Wildman–Crippen LogP) is 3.57. The van der Waals surface area contributed by atoms with Gasteiger partial charge < -0.3 is 0 Å². The molecule has 0 aromatic carbocycles. The van der Waals surface area contributed by atoms with E-state index in [1.54, 1.807) is 0 Å². The van der Waals surface area contributed by atoms with Crippen LogP contribution in [-0.4, -0.2) is 11.8 Å². The van der Waals surface area contributed by atoms with Crippen LogP contribution >= 0.6 is 0 Å². The van der Waals surface area contributed by atoms with Crippen molar-refractivity contribution in [3.05, 3.63) is 23.3 Å². The minimum Gasteiger partial charge on any atom is -0.226 e. The smallest absolute Gasteiger partial charge is 0.226 e. The third-order valence-electron chi connectivity index (χ3n) is 2.59. The molecular weight excluding hydrogens is 236 g/mol. The molecule has 0 heterocycles. The fourth-order valence-corrected chi connectivity index (χ4v) is 1.78. The van der Waals surface area contributed by atoms with Gasteiger partial charge in [0.15, 0.2) is 23.3 Å². The van der Waals surface area contributed by atoms with Crippen molar-refractivity contribution in [2.45, 2.75) is 11.8 Å². The van der Waals surface area contributed by atoms with Gasteiger partial charge in [0.2, 0.25) is 11.1 Å². The van der Waals surface area contributed by atoms with Gasteiger partial charge in [-0.05, 0) is 0 Å². The van der Waals surface area contributed by atoms with Crippen molar-refractivity contribution in [1.82, 2.24) is 0 Å². The Morgan fingerprint density at radius 3 is 1.27 bits per heavy atom. The molecule has 0 bridgehead atoms. The van der Waals surface area contributed by atoms with Crippen molar-refractivity contribution in [1.29, 1.82) is 0 Å². The zero-order valence-corrected chi connectivity index (χ0v) is 6.52. The Bertz CT molecular complexity index is 385. The Labute approximate surface area is 76.9 Å². The van der Waals surface area contributed by atoms with E-state index in [1.165, 1.54) is 0 Å². The first-order chi connectivity index (χ1) is 6.63. The van der Waals surface area contributed by atoms with Crippen LogP contribution in [0.4, 0.5) is 35.1 Å². The molecular formula is C7F8. The summed E-state index contributed by atoms with van der Waals surface area (Å²) in [6.45, 7) is 0. The first-order valence-corrected chi connectivity index (χ1v) is 3.51. The van der Waals surface area contributed by atoms with Gasteiger partial charge in [0.25, 0.3) is 0 Å². The van der Waals surface area contributed by atoms with Crippen LogP contribution in [0, 0.1) is 5.41 Å². The van der Waals surface area contributed by atoms with Crippen LogP contribution in [0.25, 0.3) is 0 Å². The standard InChI is InChI=1S/C7F8/c8-1-3(10)6(12)4(11)2(9)5(1,6)7(13,14)15. The van der Waals surface area contributed by atoms with Gasteiger partial charge >= 0.3 is 6.18 Å². The summed E-state index contributed by atoms with van der Waals surface area (Å²) in [5.41, 5.74) is -8.74. The van der Waals surface area contributed by atoms with E-state index in [2.05, 4.69) is 0 Å². The van der Waals surface area contributed by atoms with E-state index in [9.17, 15) is 35.1 Å². The van der Waals surface area contributed by atoms with E-state index in [0.717, 1.165) is 0 Å². The molecule has 0 aliphatic heterocycles. The zero-order valence-electron chi connectivity index (χ0n) is 6.52. The molecule has 2 aliphatic carbocycles. The second-order valence-corrected chi connectivity index (χ2v) is 3.16. The highest BCUT2D eigenvalue weighted by Crippen LogP contribution is 2.78. The number of halogens is 8. The Morgan fingerprint density at radius 1 is 0.733 bits per heavy atom. The lowest BCUT2D eigenvalue weighted by molar-refractivity contribution is -0.276. The molecule has 15 heavy (non-hydrogen) atoms. The van der Waals surface area contributed by atoms with E-state index in [1.807, 2.05) is 0 Å². The Hall–Kier alpha value is -1.08. The minimum atomic E-state index is -5.76. The summed E-state index contributed by atoms with van der Waals surface area (Å²) in [6.07, 6.45) is -5.76. The molecule has 0 atom stereocenters. The maximum absolute atomic E-state index is 13.1. The fourth-order valence-electron chi connectivity index (χ4n) is 1.78. The Morgan fingerprint density at radius 2 is 1.07 bits per heavy atom. The number of fused-ring (bicyclic) bond motifs is 1. The van der Waals surface area contributed by atoms with Crippen LogP contribution < -0.4 is 0 Å². The van der Waals surface area contributed by atoms with Gasteiger partial charge in [0.1, 0.15) is 0 Å². The first-order valence-electron chi connectivity index (χ1n) is 3.51. The van der Waals surface area contributed by atoms with Crippen molar-refractivity contribution in [3.8, 4) is 0 Å². The van der Waals surface area contributed by atoms with Crippen molar-refractivity contribution in [3.63, 3.8) is 0 Å². The second kappa shape index (κ2) is 2.19. The molecule has 2 aliphatic rings. The van der Waals surface area contributed by atoms with Crippen molar-refractivity contribution in [2.75, 3.05) is 0 Å². The van der Waals surface area contributed by atoms with Gasteiger partial charge in [-0.25, -0.2) is 22.0 Å². The average Bonchev–Trinajstić information content (AvgIpc) is 2.13. The molecule has 0 radical (unpaired) electrons. The van der Waals surface area contributed by atoms with Crippen LogP contribution in [0.1, 0.15) is 0 Å². The molecule has 0 nitrogen and oxygen atoms in total. The molecule has 84 valence electrons. The largest absolute Gasteiger partial charge is 0.411 e. The maximum atomic E-state index is 13.1. The van der Waals surface area contributed by atoms with Crippen molar-refractivity contribution in [2.24, 2.45) is 5.41 Å². The molecule has 8 heteroatoms. The van der Waals surface area contributed by atoms with Crippen molar-refractivity contribution < 1.29 is 35.1 Å². The van der Waals surface area contributed by atoms with Crippen molar-refractivity contribution >= 4 is 0 Å². The fraction of sp³-hybridized carbons (Fsp3) is 0.429. The van der Waals surface area contributed by atoms with Gasteiger partial charge in [-0.2, -0.15) is 13.2 Å². The average molecular weight is 236 g/mol. The van der Waals surface area contributed by atoms with E-state index in [-0.39, 0.29) is 0 Å². The summed E-state index contributed by atoms with van der Waals surface area (Å²) < 4.78 is 99.3. The third kappa shape index (κ3) is 0.644. The lowest BCUT2D eigenvalue weighted by Gasteiger charge is -2.54. The van der Waals surface area contributed by atoms with Gasteiger partial charge in [-0.1, -0.05) is 0 Å². The topological polar surface area (TPSA) is 0 Å². The van der Waals surface area contributed by atoms with E-state index >= 15 is 0 Å². The summed E-state index contributed by atoms with van der Waals surface area (Å²) in [7, 11) is 0. The monoisotopic (exact) mass is 236 g/mol. The van der Waals surface area contributed by atoms with Gasteiger partial charge in [0, 0.05) is 0 Å². The quantitative estimate of drug-likeness (QED) is 0.564. The van der Waals surface area contributed by atoms with Gasteiger partial charge in [0.05, 0.1) is 0 Å². The summed E-state index contributed by atoms with van der Waals surface area (Å²) >= 11 is 0. The van der Waals surface area contributed by atoms with Gasteiger partial charge in [-0.15, -0.1) is 0 Å². The molecule has 0 saturated carbocycles. The molecule has 0 aromatic rings. The first kappa shape index (κ1) is 10.4. The maximum Gasteiger partial charge on any atom is 0.411 e. The summed E-state index contributed by atoms with van der Waals surface area (Å²) in [5.74, 6) is -10.4. The normalized spacial score (nSPS) is 40.0. The highest BCUT2D eigenvalue weighted by molar-refractivity contribution is 5.62.